The van der Waals surface area contributed by atoms with Crippen molar-refractivity contribution >= 4 is 23.3 Å². The van der Waals surface area contributed by atoms with Crippen LogP contribution in [0.25, 0.3) is 0 Å². The van der Waals surface area contributed by atoms with Crippen molar-refractivity contribution in [1.29, 1.82) is 0 Å². The van der Waals surface area contributed by atoms with Gasteiger partial charge in [0.2, 0.25) is 0 Å². The lowest BCUT2D eigenvalue weighted by Gasteiger charge is -1.97. The van der Waals surface area contributed by atoms with Crippen LogP contribution in [0.15, 0.2) is 5.38 Å². The van der Waals surface area contributed by atoms with Crippen LogP contribution < -0.4 is 5.73 Å². The van der Waals surface area contributed by atoms with Gasteiger partial charge in [-0.05, 0) is 18.5 Å². The summed E-state index contributed by atoms with van der Waals surface area (Å²) in [5.74, 6) is -0.160. The molecule has 1 aromatic heterocycles. The Balaban J connectivity index is 2.76. The molecule has 60 valence electrons. The van der Waals surface area contributed by atoms with E-state index in [1.165, 1.54) is 0 Å². The molecule has 0 spiro atoms. The fourth-order valence-corrected chi connectivity index (χ4v) is 1.19. The van der Waals surface area contributed by atoms with E-state index in [9.17, 15) is 4.79 Å². The minimum absolute atomic E-state index is 0.244. The number of carbonyl (C=O) groups is 1. The highest BCUT2D eigenvalue weighted by Gasteiger charge is 2.11. The van der Waals surface area contributed by atoms with E-state index in [-0.39, 0.29) is 5.82 Å². The molecule has 1 heterocycles. The molecule has 0 amide bonds. The summed E-state index contributed by atoms with van der Waals surface area (Å²) in [5.41, 5.74) is 5.73. The number of rotatable bonds is 2. The van der Waals surface area contributed by atoms with Crippen molar-refractivity contribution in [3.63, 3.8) is 0 Å². The SMILES string of the molecule is CCOC(=O)c1csnc1N. The van der Waals surface area contributed by atoms with Gasteiger partial charge in [-0.2, -0.15) is 4.37 Å². The second-order valence-corrected chi connectivity index (χ2v) is 2.46. The van der Waals surface area contributed by atoms with E-state index in [1.54, 1.807) is 12.3 Å². The summed E-state index contributed by atoms with van der Waals surface area (Å²) in [5, 5.41) is 1.58. The highest BCUT2D eigenvalue weighted by molar-refractivity contribution is 7.04. The molecule has 0 unspecified atom stereocenters. The van der Waals surface area contributed by atoms with Crippen LogP contribution in [0.5, 0.6) is 0 Å². The van der Waals surface area contributed by atoms with Gasteiger partial charge in [-0.25, -0.2) is 4.79 Å². The summed E-state index contributed by atoms with van der Waals surface area (Å²) >= 11 is 1.14. The summed E-state index contributed by atoms with van der Waals surface area (Å²) in [6.45, 7) is 2.10. The maximum atomic E-state index is 11.0. The van der Waals surface area contributed by atoms with Crippen molar-refractivity contribution in [2.75, 3.05) is 12.3 Å². The maximum absolute atomic E-state index is 11.0. The van der Waals surface area contributed by atoms with Crippen molar-refractivity contribution in [2.24, 2.45) is 0 Å². The van der Waals surface area contributed by atoms with E-state index in [1.807, 2.05) is 0 Å². The first kappa shape index (κ1) is 8.00. The van der Waals surface area contributed by atoms with Gasteiger partial charge >= 0.3 is 5.97 Å². The third-order valence-corrected chi connectivity index (χ3v) is 1.74. The van der Waals surface area contributed by atoms with Gasteiger partial charge < -0.3 is 10.5 Å². The number of ether oxygens (including phenoxy) is 1. The third-order valence-electron chi connectivity index (χ3n) is 1.09. The third kappa shape index (κ3) is 1.68. The first-order chi connectivity index (χ1) is 5.25. The molecule has 2 N–H and O–H groups in total. The minimum Gasteiger partial charge on any atom is -0.462 e. The number of nitrogens with zero attached hydrogens (tertiary/aromatic N) is 1. The maximum Gasteiger partial charge on any atom is 0.342 e. The normalized spacial score (nSPS) is 9.55. The number of hydrogen-bond donors (Lipinski definition) is 1. The van der Waals surface area contributed by atoms with E-state index >= 15 is 0 Å². The predicted octanol–water partition coefficient (Wildman–Crippen LogP) is 0.902. The van der Waals surface area contributed by atoms with Crippen LogP contribution in [-0.2, 0) is 4.74 Å². The standard InChI is InChI=1S/C6H8N2O2S/c1-2-10-6(9)4-3-11-8-5(4)7/h3H,2H2,1H3,(H2,7,8). The van der Waals surface area contributed by atoms with Gasteiger partial charge in [0.15, 0.2) is 5.82 Å². The fraction of sp³-hybridized carbons (Fsp3) is 0.333. The number of esters is 1. The summed E-state index contributed by atoms with van der Waals surface area (Å²) in [7, 11) is 0. The van der Waals surface area contributed by atoms with Gasteiger partial charge in [-0.3, -0.25) is 0 Å². The van der Waals surface area contributed by atoms with E-state index in [4.69, 9.17) is 10.5 Å². The van der Waals surface area contributed by atoms with Gasteiger partial charge in [0.05, 0.1) is 6.61 Å². The van der Waals surface area contributed by atoms with E-state index in [0.717, 1.165) is 11.5 Å². The molecular weight excluding hydrogens is 164 g/mol. The van der Waals surface area contributed by atoms with Crippen molar-refractivity contribution in [2.45, 2.75) is 6.92 Å². The zero-order valence-electron chi connectivity index (χ0n) is 6.03. The lowest BCUT2D eigenvalue weighted by molar-refractivity contribution is 0.0528. The smallest absolute Gasteiger partial charge is 0.342 e. The number of nitrogens with two attached hydrogens (primary N) is 1. The highest BCUT2D eigenvalue weighted by atomic mass is 32.1. The topological polar surface area (TPSA) is 65.2 Å². The quantitative estimate of drug-likeness (QED) is 0.673. The predicted molar refractivity (Wildman–Crippen MR) is 42.5 cm³/mol. The molecule has 5 heteroatoms. The molecule has 0 atom stereocenters. The Morgan fingerprint density at radius 3 is 3.09 bits per heavy atom. The van der Waals surface area contributed by atoms with E-state index in [2.05, 4.69) is 4.37 Å². The van der Waals surface area contributed by atoms with Crippen LogP contribution in [0.4, 0.5) is 5.82 Å². The van der Waals surface area contributed by atoms with Crippen LogP contribution in [0.2, 0.25) is 0 Å². The van der Waals surface area contributed by atoms with Crippen molar-refractivity contribution in [1.82, 2.24) is 4.37 Å². The summed E-state index contributed by atoms with van der Waals surface area (Å²) in [4.78, 5) is 11.0. The molecule has 0 aliphatic heterocycles. The molecule has 1 rings (SSSR count). The van der Waals surface area contributed by atoms with Crippen LogP contribution in [0, 0.1) is 0 Å². The lowest BCUT2D eigenvalue weighted by atomic mass is 10.3. The van der Waals surface area contributed by atoms with Gasteiger partial charge in [0.25, 0.3) is 0 Å². The number of aromatic nitrogens is 1. The molecular formula is C6H8N2O2S. The van der Waals surface area contributed by atoms with E-state index in [0.29, 0.717) is 12.2 Å². The zero-order valence-corrected chi connectivity index (χ0v) is 6.85. The van der Waals surface area contributed by atoms with Crippen LogP contribution in [0.3, 0.4) is 0 Å². The Kier molecular flexibility index (Phi) is 2.43. The lowest BCUT2D eigenvalue weighted by Crippen LogP contribution is -2.05. The first-order valence-electron chi connectivity index (χ1n) is 3.12. The van der Waals surface area contributed by atoms with Gasteiger partial charge in [0, 0.05) is 5.38 Å². The number of nitrogen functional groups attached to an aromatic ring is 1. The Morgan fingerprint density at radius 1 is 1.91 bits per heavy atom. The molecule has 0 fully saturated rings. The first-order valence-corrected chi connectivity index (χ1v) is 3.96. The molecule has 0 aliphatic carbocycles. The molecule has 4 nitrogen and oxygen atoms in total. The Bertz CT molecular complexity index is 259. The van der Waals surface area contributed by atoms with Crippen molar-refractivity contribution < 1.29 is 9.53 Å². The number of anilines is 1. The van der Waals surface area contributed by atoms with E-state index < -0.39 is 5.97 Å². The van der Waals surface area contributed by atoms with Crippen LogP contribution in [-0.4, -0.2) is 16.9 Å². The van der Waals surface area contributed by atoms with Crippen molar-refractivity contribution in [3.8, 4) is 0 Å². The zero-order chi connectivity index (χ0) is 8.27. The van der Waals surface area contributed by atoms with Crippen molar-refractivity contribution in [3.05, 3.63) is 10.9 Å². The molecule has 0 aliphatic rings. The van der Waals surface area contributed by atoms with Gasteiger partial charge in [-0.1, -0.05) is 0 Å². The monoisotopic (exact) mass is 172 g/mol. The number of hydrogen-bond acceptors (Lipinski definition) is 5. The molecule has 0 radical (unpaired) electrons. The highest BCUT2D eigenvalue weighted by Crippen LogP contribution is 2.13. The van der Waals surface area contributed by atoms with Gasteiger partial charge in [0.1, 0.15) is 5.56 Å². The summed E-state index contributed by atoms with van der Waals surface area (Å²) in [6.07, 6.45) is 0. The fourth-order valence-electron chi connectivity index (χ4n) is 0.607. The second kappa shape index (κ2) is 3.34. The van der Waals surface area contributed by atoms with Crippen LogP contribution >= 0.6 is 11.5 Å². The summed E-state index contributed by atoms with van der Waals surface area (Å²) in [6, 6.07) is 0. The molecule has 0 aromatic carbocycles. The Hall–Kier alpha value is -1.10. The number of carbonyl (C=O) groups excluding carboxylic acids is 1. The molecule has 1 aromatic rings. The molecule has 0 bridgehead atoms. The summed E-state index contributed by atoms with van der Waals surface area (Å²) < 4.78 is 8.45. The average molecular weight is 172 g/mol. The Morgan fingerprint density at radius 2 is 2.64 bits per heavy atom. The molecule has 11 heavy (non-hydrogen) atoms. The molecule has 0 saturated heterocycles. The molecule has 0 saturated carbocycles. The van der Waals surface area contributed by atoms with Gasteiger partial charge in [-0.15, -0.1) is 0 Å². The second-order valence-electron chi connectivity index (χ2n) is 1.83. The van der Waals surface area contributed by atoms with Crippen LogP contribution in [0.1, 0.15) is 17.3 Å². The minimum atomic E-state index is -0.404. The average Bonchev–Trinajstić information content (AvgIpc) is 2.36. The largest absolute Gasteiger partial charge is 0.462 e. The Labute approximate surface area is 68.1 Å².